The van der Waals surface area contributed by atoms with Crippen LogP contribution in [-0.2, 0) is 0 Å². The predicted octanol–water partition coefficient (Wildman–Crippen LogP) is 0.0617. The molecule has 0 saturated carbocycles. The maximum Gasteiger partial charge on any atom is 0.254 e. The van der Waals surface area contributed by atoms with Crippen molar-refractivity contribution < 1.29 is 4.79 Å². The molecular weight excluding hydrogens is 200 g/mol. The fraction of sp³-hybridized carbons (Fsp3) is 0.375. The van der Waals surface area contributed by atoms with Gasteiger partial charge in [-0.2, -0.15) is 5.10 Å². The number of carbonyl (C=O) groups is 1. The molecule has 0 aliphatic rings. The van der Waals surface area contributed by atoms with Gasteiger partial charge in [0.15, 0.2) is 0 Å². The van der Waals surface area contributed by atoms with Crippen LogP contribution in [0.15, 0.2) is 12.4 Å². The van der Waals surface area contributed by atoms with Crippen molar-refractivity contribution in [2.45, 2.75) is 6.92 Å². The summed E-state index contributed by atoms with van der Waals surface area (Å²) in [6, 6.07) is 0. The van der Waals surface area contributed by atoms with Gasteiger partial charge >= 0.3 is 0 Å². The van der Waals surface area contributed by atoms with Gasteiger partial charge in [-0.25, -0.2) is 0 Å². The molecule has 0 radical (unpaired) electrons. The summed E-state index contributed by atoms with van der Waals surface area (Å²) < 4.78 is 0. The first kappa shape index (κ1) is 10.6. The summed E-state index contributed by atoms with van der Waals surface area (Å²) in [6.45, 7) is 2.30. The second-order valence-electron chi connectivity index (χ2n) is 3.00. The molecular formula is C8H12N4OS. The summed E-state index contributed by atoms with van der Waals surface area (Å²) in [5.41, 5.74) is 5.90. The number of carbonyl (C=O) groups excluding carboxylic acids is 1. The number of nitrogens with zero attached hydrogens (tertiary/aromatic N) is 1. The van der Waals surface area contributed by atoms with Crippen LogP contribution in [0.25, 0.3) is 0 Å². The van der Waals surface area contributed by atoms with Crippen LogP contribution in [0.3, 0.4) is 0 Å². The smallest absolute Gasteiger partial charge is 0.254 e. The van der Waals surface area contributed by atoms with Gasteiger partial charge in [0.2, 0.25) is 0 Å². The summed E-state index contributed by atoms with van der Waals surface area (Å²) in [7, 11) is 0. The number of amides is 1. The zero-order valence-electron chi connectivity index (χ0n) is 7.78. The van der Waals surface area contributed by atoms with E-state index in [0.717, 1.165) is 0 Å². The van der Waals surface area contributed by atoms with Crippen LogP contribution in [0.1, 0.15) is 17.3 Å². The number of H-pyrrole nitrogens is 1. The number of aromatic amines is 1. The molecule has 1 aromatic heterocycles. The lowest BCUT2D eigenvalue weighted by Crippen LogP contribution is -2.33. The topological polar surface area (TPSA) is 83.8 Å². The quantitative estimate of drug-likeness (QED) is 0.616. The van der Waals surface area contributed by atoms with E-state index in [-0.39, 0.29) is 11.8 Å². The van der Waals surface area contributed by atoms with E-state index in [1.807, 2.05) is 6.92 Å². The molecule has 14 heavy (non-hydrogen) atoms. The fourth-order valence-corrected chi connectivity index (χ4v) is 0.907. The van der Waals surface area contributed by atoms with Gasteiger partial charge < -0.3 is 11.1 Å². The molecule has 1 amide bonds. The molecule has 0 aliphatic carbocycles. The lowest BCUT2D eigenvalue weighted by atomic mass is 10.2. The first-order valence-electron chi connectivity index (χ1n) is 4.17. The van der Waals surface area contributed by atoms with E-state index in [1.165, 1.54) is 12.4 Å². The number of hydrogen-bond donors (Lipinski definition) is 3. The third-order valence-corrected chi connectivity index (χ3v) is 2.22. The van der Waals surface area contributed by atoms with E-state index in [9.17, 15) is 4.79 Å². The zero-order chi connectivity index (χ0) is 10.6. The first-order chi connectivity index (χ1) is 6.61. The highest BCUT2D eigenvalue weighted by atomic mass is 32.1. The molecule has 0 aliphatic heterocycles. The van der Waals surface area contributed by atoms with Crippen molar-refractivity contribution in [3.05, 3.63) is 18.0 Å². The lowest BCUT2D eigenvalue weighted by Gasteiger charge is -2.09. The van der Waals surface area contributed by atoms with E-state index in [1.54, 1.807) is 0 Å². The summed E-state index contributed by atoms with van der Waals surface area (Å²) in [4.78, 5) is 11.8. The van der Waals surface area contributed by atoms with Gasteiger partial charge in [-0.05, 0) is 0 Å². The van der Waals surface area contributed by atoms with E-state index in [4.69, 9.17) is 18.0 Å². The Kier molecular flexibility index (Phi) is 3.58. The van der Waals surface area contributed by atoms with Gasteiger partial charge in [-0.1, -0.05) is 19.1 Å². The molecule has 0 saturated heterocycles. The van der Waals surface area contributed by atoms with E-state index in [0.29, 0.717) is 17.1 Å². The monoisotopic (exact) mass is 212 g/mol. The minimum atomic E-state index is -0.179. The molecule has 0 spiro atoms. The molecule has 1 rings (SSSR count). The Morgan fingerprint density at radius 3 is 3.07 bits per heavy atom. The van der Waals surface area contributed by atoms with Crippen molar-refractivity contribution in [3.63, 3.8) is 0 Å². The van der Waals surface area contributed by atoms with Crippen molar-refractivity contribution in [1.29, 1.82) is 0 Å². The van der Waals surface area contributed by atoms with E-state index in [2.05, 4.69) is 15.5 Å². The van der Waals surface area contributed by atoms with Gasteiger partial charge in [0.05, 0.1) is 16.7 Å². The molecule has 1 aromatic rings. The van der Waals surface area contributed by atoms with Crippen LogP contribution in [0, 0.1) is 5.92 Å². The van der Waals surface area contributed by atoms with E-state index < -0.39 is 0 Å². The van der Waals surface area contributed by atoms with Crippen molar-refractivity contribution in [1.82, 2.24) is 15.5 Å². The number of hydrogen-bond acceptors (Lipinski definition) is 3. The van der Waals surface area contributed by atoms with Gasteiger partial charge in [-0.15, -0.1) is 0 Å². The molecule has 1 atom stereocenters. The highest BCUT2D eigenvalue weighted by molar-refractivity contribution is 7.80. The Morgan fingerprint density at radius 1 is 1.86 bits per heavy atom. The van der Waals surface area contributed by atoms with Crippen molar-refractivity contribution in [2.24, 2.45) is 11.7 Å². The summed E-state index contributed by atoms with van der Waals surface area (Å²) in [6.07, 6.45) is 2.99. The number of nitrogens with two attached hydrogens (primary N) is 1. The normalized spacial score (nSPS) is 12.1. The Bertz CT molecular complexity index is 322. The molecule has 0 bridgehead atoms. The highest BCUT2D eigenvalue weighted by Crippen LogP contribution is 1.96. The molecule has 6 heteroatoms. The molecule has 4 N–H and O–H groups in total. The number of aromatic nitrogens is 2. The zero-order valence-corrected chi connectivity index (χ0v) is 8.60. The predicted molar refractivity (Wildman–Crippen MR) is 56.9 cm³/mol. The van der Waals surface area contributed by atoms with Crippen LogP contribution in [0.5, 0.6) is 0 Å². The minimum absolute atomic E-state index is 0.000788. The number of thiocarbonyl (C=S) groups is 1. The van der Waals surface area contributed by atoms with Gasteiger partial charge in [0.25, 0.3) is 5.91 Å². The largest absolute Gasteiger partial charge is 0.393 e. The van der Waals surface area contributed by atoms with Crippen LogP contribution in [0.2, 0.25) is 0 Å². The number of nitrogens with one attached hydrogen (secondary N) is 2. The molecule has 5 nitrogen and oxygen atoms in total. The van der Waals surface area contributed by atoms with Crippen LogP contribution < -0.4 is 11.1 Å². The Balaban J connectivity index is 2.40. The first-order valence-corrected chi connectivity index (χ1v) is 4.58. The standard InChI is InChI=1S/C8H12N4OS/c1-5(7(9)14)2-10-8(13)6-3-11-12-4-6/h3-5H,2H2,1H3,(H2,9,14)(H,10,13)(H,11,12). The molecule has 1 unspecified atom stereocenters. The Labute approximate surface area is 87.1 Å². The van der Waals surface area contributed by atoms with Crippen molar-refractivity contribution in [2.75, 3.05) is 6.54 Å². The summed E-state index contributed by atoms with van der Waals surface area (Å²) in [5.74, 6) is -0.178. The molecule has 1 heterocycles. The maximum absolute atomic E-state index is 11.4. The van der Waals surface area contributed by atoms with Crippen LogP contribution >= 0.6 is 12.2 Å². The highest BCUT2D eigenvalue weighted by Gasteiger charge is 2.09. The second kappa shape index (κ2) is 4.71. The molecule has 0 fully saturated rings. The van der Waals surface area contributed by atoms with Crippen LogP contribution in [0.4, 0.5) is 0 Å². The number of rotatable bonds is 4. The minimum Gasteiger partial charge on any atom is -0.393 e. The maximum atomic E-state index is 11.4. The van der Waals surface area contributed by atoms with Gasteiger partial charge in [-0.3, -0.25) is 9.89 Å². The van der Waals surface area contributed by atoms with E-state index >= 15 is 0 Å². The van der Waals surface area contributed by atoms with Crippen molar-refractivity contribution in [3.8, 4) is 0 Å². The second-order valence-corrected chi connectivity index (χ2v) is 3.47. The average molecular weight is 212 g/mol. The SMILES string of the molecule is CC(CNC(=O)c1cn[nH]c1)C(N)=S. The molecule has 0 aromatic carbocycles. The lowest BCUT2D eigenvalue weighted by molar-refractivity contribution is 0.0951. The van der Waals surface area contributed by atoms with Crippen molar-refractivity contribution >= 4 is 23.1 Å². The van der Waals surface area contributed by atoms with Crippen LogP contribution in [-0.4, -0.2) is 27.6 Å². The average Bonchev–Trinajstić information content (AvgIpc) is 2.66. The fourth-order valence-electron chi connectivity index (χ4n) is 0.824. The Hall–Kier alpha value is -1.43. The Morgan fingerprint density at radius 2 is 2.57 bits per heavy atom. The summed E-state index contributed by atoms with van der Waals surface area (Å²) in [5, 5.41) is 8.93. The third-order valence-electron chi connectivity index (χ3n) is 1.81. The summed E-state index contributed by atoms with van der Waals surface area (Å²) >= 11 is 4.78. The molecule has 76 valence electrons. The van der Waals surface area contributed by atoms with Gasteiger partial charge in [0.1, 0.15) is 0 Å². The third kappa shape index (κ3) is 2.81. The van der Waals surface area contributed by atoms with Gasteiger partial charge in [0, 0.05) is 18.7 Å².